The number of hydrogen-bond acceptors (Lipinski definition) is 5. The molecule has 1 saturated heterocycles. The van der Waals surface area contributed by atoms with Gasteiger partial charge in [0.1, 0.15) is 0 Å². The summed E-state index contributed by atoms with van der Waals surface area (Å²) in [5.41, 5.74) is 3.89. The van der Waals surface area contributed by atoms with Crippen molar-refractivity contribution in [1.29, 1.82) is 0 Å². The summed E-state index contributed by atoms with van der Waals surface area (Å²) in [5.74, 6) is 1.21. The molecule has 3 heterocycles. The molecule has 1 unspecified atom stereocenters. The highest BCUT2D eigenvalue weighted by atomic mass is 16.5. The Hall–Kier alpha value is -2.47. The third-order valence-corrected chi connectivity index (χ3v) is 5.51. The zero-order chi connectivity index (χ0) is 19.0. The number of benzene rings is 1. The molecule has 1 aromatic carbocycles. The molecule has 6 heteroatoms. The monoisotopic (exact) mass is 366 g/mol. The molecule has 1 amide bonds. The second kappa shape index (κ2) is 7.27. The number of morpholine rings is 1. The van der Waals surface area contributed by atoms with Crippen LogP contribution in [0.1, 0.15) is 59.9 Å². The van der Waals surface area contributed by atoms with E-state index in [9.17, 15) is 4.79 Å². The van der Waals surface area contributed by atoms with Crippen LogP contribution in [0.5, 0.6) is 0 Å². The Morgan fingerprint density at radius 1 is 1.04 bits per heavy atom. The molecule has 0 radical (unpaired) electrons. The summed E-state index contributed by atoms with van der Waals surface area (Å²) in [6.45, 7) is 9.92. The number of aromatic nitrogens is 2. The van der Waals surface area contributed by atoms with E-state index in [2.05, 4.69) is 59.9 Å². The summed E-state index contributed by atoms with van der Waals surface area (Å²) in [4.78, 5) is 26.0. The van der Waals surface area contributed by atoms with Crippen molar-refractivity contribution in [1.82, 2.24) is 14.9 Å². The van der Waals surface area contributed by atoms with Crippen LogP contribution in [0.3, 0.4) is 0 Å². The van der Waals surface area contributed by atoms with Crippen LogP contribution in [0.25, 0.3) is 0 Å². The number of fused-ring (bicyclic) bond motifs is 1. The zero-order valence-corrected chi connectivity index (χ0v) is 16.2. The molecular formula is C21H26N4O2. The van der Waals surface area contributed by atoms with Gasteiger partial charge in [-0.3, -0.25) is 4.79 Å². The van der Waals surface area contributed by atoms with Crippen molar-refractivity contribution in [2.24, 2.45) is 0 Å². The fraction of sp³-hybridized carbons (Fsp3) is 0.476. The molecule has 0 aliphatic carbocycles. The van der Waals surface area contributed by atoms with Crippen LogP contribution >= 0.6 is 0 Å². The maximum Gasteiger partial charge on any atom is 0.258 e. The van der Waals surface area contributed by atoms with E-state index in [1.165, 1.54) is 5.56 Å². The van der Waals surface area contributed by atoms with Crippen LogP contribution in [0.2, 0.25) is 0 Å². The van der Waals surface area contributed by atoms with Crippen LogP contribution in [-0.4, -0.2) is 47.1 Å². The highest BCUT2D eigenvalue weighted by Crippen LogP contribution is 2.31. The van der Waals surface area contributed by atoms with E-state index in [-0.39, 0.29) is 11.9 Å². The van der Waals surface area contributed by atoms with Gasteiger partial charge in [0.05, 0.1) is 37.1 Å². The Labute approximate surface area is 160 Å². The fourth-order valence-corrected chi connectivity index (χ4v) is 3.66. The number of hydrogen-bond donors (Lipinski definition) is 0. The number of amides is 1. The van der Waals surface area contributed by atoms with E-state index >= 15 is 0 Å². The molecule has 1 fully saturated rings. The average Bonchev–Trinajstić information content (AvgIpc) is 3.04. The number of carbonyl (C=O) groups is 1. The van der Waals surface area contributed by atoms with Crippen LogP contribution in [0.15, 0.2) is 30.5 Å². The number of carbonyl (C=O) groups excluding carboxylic acids is 1. The highest BCUT2D eigenvalue weighted by Gasteiger charge is 2.33. The minimum Gasteiger partial charge on any atom is -0.378 e. The van der Waals surface area contributed by atoms with E-state index in [4.69, 9.17) is 4.74 Å². The quantitative estimate of drug-likeness (QED) is 0.832. The maximum absolute atomic E-state index is 12.9. The Balaban J connectivity index is 1.53. The van der Waals surface area contributed by atoms with Gasteiger partial charge in [-0.1, -0.05) is 38.1 Å². The normalized spacial score (nSPS) is 18.1. The number of anilines is 1. The van der Waals surface area contributed by atoms with E-state index in [1.54, 1.807) is 6.20 Å². The summed E-state index contributed by atoms with van der Waals surface area (Å²) in [6.07, 6.45) is 1.68. The average molecular weight is 366 g/mol. The van der Waals surface area contributed by atoms with Crippen molar-refractivity contribution in [2.45, 2.75) is 39.3 Å². The lowest BCUT2D eigenvalue weighted by Crippen LogP contribution is -2.37. The van der Waals surface area contributed by atoms with Gasteiger partial charge in [-0.2, -0.15) is 0 Å². The van der Waals surface area contributed by atoms with E-state index in [0.29, 0.717) is 37.2 Å². The van der Waals surface area contributed by atoms with Gasteiger partial charge < -0.3 is 14.5 Å². The highest BCUT2D eigenvalue weighted by molar-refractivity contribution is 5.97. The minimum absolute atomic E-state index is 0.000232. The van der Waals surface area contributed by atoms with Gasteiger partial charge in [0.25, 0.3) is 5.91 Å². The molecule has 1 aromatic heterocycles. The summed E-state index contributed by atoms with van der Waals surface area (Å²) in [6, 6.07) is 8.56. The van der Waals surface area contributed by atoms with Gasteiger partial charge >= 0.3 is 0 Å². The van der Waals surface area contributed by atoms with Crippen LogP contribution < -0.4 is 4.90 Å². The number of nitrogens with zero attached hydrogens (tertiary/aromatic N) is 4. The smallest absolute Gasteiger partial charge is 0.258 e. The SMILES string of the molecule is CC(C)c1ccc(C(C)N2Cc3nc(N4CCOCC4)ncc3C2=O)cc1. The third-order valence-electron chi connectivity index (χ3n) is 5.51. The number of ether oxygens (including phenoxy) is 1. The van der Waals surface area contributed by atoms with Crippen molar-refractivity contribution in [3.8, 4) is 0 Å². The second-order valence-corrected chi connectivity index (χ2v) is 7.56. The molecule has 0 bridgehead atoms. The lowest BCUT2D eigenvalue weighted by molar-refractivity contribution is 0.0715. The van der Waals surface area contributed by atoms with Gasteiger partial charge in [0, 0.05) is 19.3 Å². The Morgan fingerprint density at radius 2 is 1.70 bits per heavy atom. The van der Waals surface area contributed by atoms with Crippen molar-refractivity contribution in [3.63, 3.8) is 0 Å². The molecule has 1 atom stereocenters. The topological polar surface area (TPSA) is 58.6 Å². The molecule has 2 aliphatic heterocycles. The Morgan fingerprint density at radius 3 is 2.37 bits per heavy atom. The number of rotatable bonds is 4. The standard InChI is InChI=1S/C21H26N4O2/c1-14(2)16-4-6-17(7-5-16)15(3)25-13-19-18(20(25)26)12-22-21(23-19)24-8-10-27-11-9-24/h4-7,12,14-15H,8-11,13H2,1-3H3. The summed E-state index contributed by atoms with van der Waals surface area (Å²) >= 11 is 0. The van der Waals surface area contributed by atoms with Crippen LogP contribution in [0, 0.1) is 0 Å². The fourth-order valence-electron chi connectivity index (χ4n) is 3.66. The third kappa shape index (κ3) is 3.41. The van der Waals surface area contributed by atoms with Gasteiger partial charge in [0.15, 0.2) is 0 Å². The maximum atomic E-state index is 12.9. The predicted octanol–water partition coefficient (Wildman–Crippen LogP) is 3.15. The lowest BCUT2D eigenvalue weighted by atomic mass is 9.99. The first-order valence-corrected chi connectivity index (χ1v) is 9.64. The van der Waals surface area contributed by atoms with Crippen LogP contribution in [-0.2, 0) is 11.3 Å². The first-order chi connectivity index (χ1) is 13.0. The summed E-state index contributed by atoms with van der Waals surface area (Å²) < 4.78 is 5.39. The summed E-state index contributed by atoms with van der Waals surface area (Å²) in [7, 11) is 0. The first-order valence-electron chi connectivity index (χ1n) is 9.64. The van der Waals surface area contributed by atoms with E-state index in [0.717, 1.165) is 24.3 Å². The zero-order valence-electron chi connectivity index (χ0n) is 16.2. The predicted molar refractivity (Wildman–Crippen MR) is 104 cm³/mol. The van der Waals surface area contributed by atoms with E-state index < -0.39 is 0 Å². The largest absolute Gasteiger partial charge is 0.378 e. The van der Waals surface area contributed by atoms with Crippen molar-refractivity contribution in [3.05, 3.63) is 52.8 Å². The molecule has 27 heavy (non-hydrogen) atoms. The van der Waals surface area contributed by atoms with Gasteiger partial charge in [-0.25, -0.2) is 9.97 Å². The molecule has 142 valence electrons. The molecule has 6 nitrogen and oxygen atoms in total. The van der Waals surface area contributed by atoms with Crippen molar-refractivity contribution < 1.29 is 9.53 Å². The molecule has 0 saturated carbocycles. The molecule has 4 rings (SSSR count). The van der Waals surface area contributed by atoms with Gasteiger partial charge in [-0.05, 0) is 24.0 Å². The molecule has 0 spiro atoms. The molecular weight excluding hydrogens is 340 g/mol. The van der Waals surface area contributed by atoms with Crippen molar-refractivity contribution in [2.75, 3.05) is 31.2 Å². The lowest BCUT2D eigenvalue weighted by Gasteiger charge is -2.26. The molecule has 0 N–H and O–H groups in total. The first kappa shape index (κ1) is 17.9. The van der Waals surface area contributed by atoms with Crippen molar-refractivity contribution >= 4 is 11.9 Å². The van der Waals surface area contributed by atoms with Crippen LogP contribution in [0.4, 0.5) is 5.95 Å². The summed E-state index contributed by atoms with van der Waals surface area (Å²) in [5, 5.41) is 0. The molecule has 2 aliphatic rings. The molecule has 2 aromatic rings. The van der Waals surface area contributed by atoms with Gasteiger partial charge in [0.2, 0.25) is 5.95 Å². The van der Waals surface area contributed by atoms with E-state index in [1.807, 2.05) is 4.90 Å². The minimum atomic E-state index is -0.000232. The second-order valence-electron chi connectivity index (χ2n) is 7.56. The Bertz CT molecular complexity index is 829. The Kier molecular flexibility index (Phi) is 4.83. The van der Waals surface area contributed by atoms with Gasteiger partial charge in [-0.15, -0.1) is 0 Å².